The lowest BCUT2D eigenvalue weighted by atomic mass is 10.5. The second-order valence-corrected chi connectivity index (χ2v) is 1.83. The van der Waals surface area contributed by atoms with Crippen molar-refractivity contribution < 1.29 is 4.84 Å². The Kier molecular flexibility index (Phi) is 4.09. The van der Waals surface area contributed by atoms with Gasteiger partial charge in [0.2, 0.25) is 0 Å². The standard InChI is InChI=1S/C6H12NO2/c1-4-5-9-7(8)6(2)3/h2,4-5H2,1,3H3/q-1. The van der Waals surface area contributed by atoms with E-state index in [-0.39, 0.29) is 0 Å². The Morgan fingerprint density at radius 1 is 1.78 bits per heavy atom. The molecule has 0 aromatic heterocycles. The molecule has 0 saturated carbocycles. The quantitative estimate of drug-likeness (QED) is 0.543. The molecule has 0 unspecified atom stereocenters. The third-order valence-electron chi connectivity index (χ3n) is 0.724. The normalized spacial score (nSPS) is 9.22. The van der Waals surface area contributed by atoms with E-state index in [1.165, 1.54) is 0 Å². The molecule has 0 atom stereocenters. The summed E-state index contributed by atoms with van der Waals surface area (Å²) in [4.78, 5) is 4.63. The average molecular weight is 130 g/mol. The van der Waals surface area contributed by atoms with Gasteiger partial charge in [0, 0.05) is 5.70 Å². The van der Waals surface area contributed by atoms with Gasteiger partial charge in [-0.05, 0) is 13.3 Å². The molecular formula is C6H12NO2-. The van der Waals surface area contributed by atoms with E-state index in [0.717, 1.165) is 6.42 Å². The van der Waals surface area contributed by atoms with E-state index >= 15 is 0 Å². The number of rotatable bonds is 4. The van der Waals surface area contributed by atoms with Gasteiger partial charge in [-0.25, -0.2) is 0 Å². The first kappa shape index (κ1) is 8.46. The van der Waals surface area contributed by atoms with E-state index in [1.54, 1.807) is 6.92 Å². The number of hydroxylamine groups is 2. The van der Waals surface area contributed by atoms with Gasteiger partial charge in [0.1, 0.15) is 0 Å². The van der Waals surface area contributed by atoms with Crippen LogP contribution in [0.3, 0.4) is 0 Å². The summed E-state index contributed by atoms with van der Waals surface area (Å²) in [7, 11) is 0. The van der Waals surface area contributed by atoms with Crippen molar-refractivity contribution in [2.75, 3.05) is 6.61 Å². The smallest absolute Gasteiger partial charge is 0.0735 e. The molecule has 0 aromatic carbocycles. The highest BCUT2D eigenvalue weighted by Crippen LogP contribution is 1.97. The van der Waals surface area contributed by atoms with Gasteiger partial charge in [0.05, 0.1) is 6.61 Å². The summed E-state index contributed by atoms with van der Waals surface area (Å²) in [6, 6.07) is 0. The minimum atomic E-state index is 0.378. The minimum absolute atomic E-state index is 0.378. The summed E-state index contributed by atoms with van der Waals surface area (Å²) < 4.78 is 0. The molecule has 0 heterocycles. The maximum atomic E-state index is 10.5. The van der Waals surface area contributed by atoms with Crippen LogP contribution in [0.5, 0.6) is 0 Å². The van der Waals surface area contributed by atoms with Crippen molar-refractivity contribution in [2.24, 2.45) is 0 Å². The molecule has 54 valence electrons. The summed E-state index contributed by atoms with van der Waals surface area (Å²) in [6.45, 7) is 7.39. The molecule has 3 heteroatoms. The molecule has 0 aliphatic heterocycles. The monoisotopic (exact) mass is 130 g/mol. The van der Waals surface area contributed by atoms with Crippen LogP contribution < -0.4 is 0 Å². The molecule has 0 amide bonds. The Hall–Kier alpha value is -0.540. The van der Waals surface area contributed by atoms with Crippen LogP contribution in [0.1, 0.15) is 20.3 Å². The van der Waals surface area contributed by atoms with Gasteiger partial charge in [-0.15, -0.1) is 0 Å². The molecule has 0 radical (unpaired) electrons. The zero-order valence-electron chi connectivity index (χ0n) is 5.89. The molecule has 0 aliphatic rings. The largest absolute Gasteiger partial charge is 0.734 e. The van der Waals surface area contributed by atoms with E-state index in [4.69, 9.17) is 0 Å². The molecule has 0 fully saturated rings. The van der Waals surface area contributed by atoms with E-state index in [1.807, 2.05) is 6.92 Å². The van der Waals surface area contributed by atoms with Gasteiger partial charge in [-0.3, -0.25) is 4.84 Å². The molecular weight excluding hydrogens is 118 g/mol. The van der Waals surface area contributed by atoms with Crippen LogP contribution >= 0.6 is 0 Å². The zero-order valence-corrected chi connectivity index (χ0v) is 5.89. The Bertz CT molecular complexity index is 93.1. The zero-order chi connectivity index (χ0) is 7.28. The SMILES string of the molecule is C=C(C)N([O-])OCCC. The Morgan fingerprint density at radius 3 is 2.67 bits per heavy atom. The average Bonchev–Trinajstić information content (AvgIpc) is 1.82. The summed E-state index contributed by atoms with van der Waals surface area (Å²) in [6.07, 6.45) is 0.839. The molecule has 0 spiro atoms. The van der Waals surface area contributed by atoms with Gasteiger partial charge < -0.3 is 10.4 Å². The third kappa shape index (κ3) is 4.00. The van der Waals surface area contributed by atoms with Crippen LogP contribution in [-0.4, -0.2) is 11.8 Å². The topological polar surface area (TPSA) is 35.5 Å². The van der Waals surface area contributed by atoms with Gasteiger partial charge in [0.15, 0.2) is 0 Å². The number of hydrogen-bond acceptors (Lipinski definition) is 3. The fourth-order valence-corrected chi connectivity index (χ4v) is 0.284. The highest BCUT2D eigenvalue weighted by molar-refractivity contribution is 4.83. The molecule has 0 aromatic rings. The molecule has 0 rings (SSSR count). The van der Waals surface area contributed by atoms with Crippen molar-refractivity contribution in [1.29, 1.82) is 0 Å². The highest BCUT2D eigenvalue weighted by Gasteiger charge is 1.86. The fourth-order valence-electron chi connectivity index (χ4n) is 0.284. The first-order chi connectivity index (χ1) is 4.18. The highest BCUT2D eigenvalue weighted by atomic mass is 16.9. The van der Waals surface area contributed by atoms with Crippen molar-refractivity contribution >= 4 is 0 Å². The third-order valence-corrected chi connectivity index (χ3v) is 0.724. The van der Waals surface area contributed by atoms with Crippen LogP contribution in [0.25, 0.3) is 0 Å². The Balaban J connectivity index is 3.27. The van der Waals surface area contributed by atoms with Crippen LogP contribution in [0.2, 0.25) is 0 Å². The van der Waals surface area contributed by atoms with Crippen molar-refractivity contribution in [3.8, 4) is 0 Å². The number of hydrogen-bond donors (Lipinski definition) is 0. The van der Waals surface area contributed by atoms with E-state index < -0.39 is 0 Å². The van der Waals surface area contributed by atoms with E-state index in [2.05, 4.69) is 11.4 Å². The Labute approximate surface area is 55.5 Å². The lowest BCUT2D eigenvalue weighted by molar-refractivity contribution is -0.0913. The molecule has 0 N–H and O–H groups in total. The van der Waals surface area contributed by atoms with Crippen LogP contribution in [-0.2, 0) is 4.84 Å². The van der Waals surface area contributed by atoms with Gasteiger partial charge >= 0.3 is 0 Å². The summed E-state index contributed by atoms with van der Waals surface area (Å²) >= 11 is 0. The first-order valence-electron chi connectivity index (χ1n) is 2.94. The van der Waals surface area contributed by atoms with Crippen LogP contribution in [0.15, 0.2) is 12.3 Å². The maximum absolute atomic E-state index is 10.5. The lowest BCUT2D eigenvalue weighted by Gasteiger charge is -2.28. The minimum Gasteiger partial charge on any atom is -0.734 e. The molecule has 0 aliphatic carbocycles. The summed E-state index contributed by atoms with van der Waals surface area (Å²) in [5, 5.41) is 10.9. The van der Waals surface area contributed by atoms with Gasteiger partial charge in [-0.2, -0.15) is 0 Å². The predicted molar refractivity (Wildman–Crippen MR) is 36.3 cm³/mol. The van der Waals surface area contributed by atoms with Gasteiger partial charge in [-0.1, -0.05) is 13.5 Å². The lowest BCUT2D eigenvalue weighted by Crippen LogP contribution is -2.13. The van der Waals surface area contributed by atoms with E-state index in [0.29, 0.717) is 17.5 Å². The summed E-state index contributed by atoms with van der Waals surface area (Å²) in [5.74, 6) is 0. The molecule has 0 bridgehead atoms. The number of nitrogens with zero attached hydrogens (tertiary/aromatic N) is 1. The fraction of sp³-hybridized carbons (Fsp3) is 0.667. The molecule has 0 saturated heterocycles. The van der Waals surface area contributed by atoms with Crippen LogP contribution in [0.4, 0.5) is 0 Å². The summed E-state index contributed by atoms with van der Waals surface area (Å²) in [5.41, 5.74) is 0.378. The van der Waals surface area contributed by atoms with Crippen molar-refractivity contribution in [1.82, 2.24) is 5.23 Å². The first-order valence-corrected chi connectivity index (χ1v) is 2.94. The molecule has 9 heavy (non-hydrogen) atoms. The van der Waals surface area contributed by atoms with Gasteiger partial charge in [0.25, 0.3) is 0 Å². The molecule has 3 nitrogen and oxygen atoms in total. The maximum Gasteiger partial charge on any atom is 0.0735 e. The van der Waals surface area contributed by atoms with Crippen molar-refractivity contribution in [2.45, 2.75) is 20.3 Å². The van der Waals surface area contributed by atoms with Crippen molar-refractivity contribution in [3.63, 3.8) is 0 Å². The second kappa shape index (κ2) is 4.35. The Morgan fingerprint density at radius 2 is 2.33 bits per heavy atom. The second-order valence-electron chi connectivity index (χ2n) is 1.83. The predicted octanol–water partition coefficient (Wildman–Crippen LogP) is 1.66. The van der Waals surface area contributed by atoms with Crippen molar-refractivity contribution in [3.05, 3.63) is 17.5 Å². The van der Waals surface area contributed by atoms with Crippen LogP contribution in [0, 0.1) is 5.21 Å². The number of allylic oxidation sites excluding steroid dienone is 1. The van der Waals surface area contributed by atoms with E-state index in [9.17, 15) is 5.21 Å².